The van der Waals surface area contributed by atoms with Crippen molar-refractivity contribution < 1.29 is 9.18 Å². The zero-order valence-corrected chi connectivity index (χ0v) is 16.5. The van der Waals surface area contributed by atoms with Crippen LogP contribution in [0.3, 0.4) is 0 Å². The van der Waals surface area contributed by atoms with E-state index in [0.717, 1.165) is 5.69 Å². The van der Waals surface area contributed by atoms with Gasteiger partial charge in [0, 0.05) is 5.69 Å². The number of nitrogens with one attached hydrogen (secondary N) is 2. The molecule has 27 heavy (non-hydrogen) atoms. The smallest absolute Gasteiger partial charge is 0.234 e. The highest BCUT2D eigenvalue weighted by Crippen LogP contribution is 2.28. The second-order valence-electron chi connectivity index (χ2n) is 6.09. The third-order valence-corrected chi connectivity index (χ3v) is 5.68. The van der Waals surface area contributed by atoms with Crippen LogP contribution in [0.4, 0.5) is 20.9 Å². The van der Waals surface area contributed by atoms with E-state index in [1.165, 1.54) is 34.7 Å². The van der Waals surface area contributed by atoms with Crippen LogP contribution in [0.2, 0.25) is 0 Å². The molecule has 0 aliphatic rings. The lowest BCUT2D eigenvalue weighted by Crippen LogP contribution is -2.13. The van der Waals surface area contributed by atoms with Gasteiger partial charge in [0.2, 0.25) is 11.0 Å². The van der Waals surface area contributed by atoms with E-state index in [2.05, 4.69) is 34.7 Å². The highest BCUT2D eigenvalue weighted by Gasteiger charge is 2.10. The molecule has 0 radical (unpaired) electrons. The molecule has 0 aliphatic heterocycles. The number of hydrogen-bond acceptors (Lipinski definition) is 6. The van der Waals surface area contributed by atoms with E-state index < -0.39 is 0 Å². The lowest BCUT2D eigenvalue weighted by molar-refractivity contribution is -0.113. The van der Waals surface area contributed by atoms with Gasteiger partial charge in [0.05, 0.1) is 11.4 Å². The summed E-state index contributed by atoms with van der Waals surface area (Å²) in [6, 6.07) is 14.2. The molecule has 0 aliphatic carbocycles. The van der Waals surface area contributed by atoms with Gasteiger partial charge in [0.1, 0.15) is 5.82 Å². The molecular weight excluding hydrogens is 383 g/mol. The van der Waals surface area contributed by atoms with Crippen LogP contribution in [0, 0.1) is 5.82 Å². The Morgan fingerprint density at radius 2 is 1.89 bits per heavy atom. The Morgan fingerprint density at radius 3 is 2.59 bits per heavy atom. The third-order valence-electron chi connectivity index (χ3n) is 3.71. The number of thioether (sulfide) groups is 1. The van der Waals surface area contributed by atoms with Crippen molar-refractivity contribution in [2.75, 3.05) is 16.4 Å². The predicted octanol–water partition coefficient (Wildman–Crippen LogP) is 5.28. The maximum absolute atomic E-state index is 13.6. The van der Waals surface area contributed by atoms with E-state index in [1.807, 2.05) is 24.3 Å². The zero-order chi connectivity index (χ0) is 19.2. The molecule has 0 spiro atoms. The van der Waals surface area contributed by atoms with Gasteiger partial charge in [0.15, 0.2) is 4.34 Å². The van der Waals surface area contributed by atoms with Gasteiger partial charge in [-0.1, -0.05) is 61.2 Å². The maximum atomic E-state index is 13.6. The number of anilines is 3. The van der Waals surface area contributed by atoms with Crippen LogP contribution < -0.4 is 10.6 Å². The van der Waals surface area contributed by atoms with Gasteiger partial charge < -0.3 is 10.6 Å². The van der Waals surface area contributed by atoms with E-state index in [0.29, 0.717) is 21.1 Å². The summed E-state index contributed by atoms with van der Waals surface area (Å²) in [5, 5.41) is 14.2. The van der Waals surface area contributed by atoms with Crippen LogP contribution in [0.25, 0.3) is 0 Å². The Bertz CT molecular complexity index is 912. The fraction of sp³-hybridized carbons (Fsp3) is 0.211. The van der Waals surface area contributed by atoms with Crippen LogP contribution in [-0.2, 0) is 4.79 Å². The minimum absolute atomic E-state index is 0.115. The average molecular weight is 403 g/mol. The third kappa shape index (κ3) is 5.51. The lowest BCUT2D eigenvalue weighted by atomic mass is 10.0. The first-order valence-electron chi connectivity index (χ1n) is 8.39. The Kier molecular flexibility index (Phi) is 6.41. The molecule has 1 heterocycles. The number of benzene rings is 2. The van der Waals surface area contributed by atoms with Gasteiger partial charge in [-0.15, -0.1) is 10.2 Å². The van der Waals surface area contributed by atoms with Gasteiger partial charge in [-0.2, -0.15) is 0 Å². The molecule has 3 aromatic rings. The number of nitrogens with zero attached hydrogens (tertiary/aromatic N) is 2. The fourth-order valence-corrected chi connectivity index (χ4v) is 3.84. The largest absolute Gasteiger partial charge is 0.328 e. The van der Waals surface area contributed by atoms with E-state index in [9.17, 15) is 9.18 Å². The Balaban J connectivity index is 1.50. The second-order valence-corrected chi connectivity index (χ2v) is 8.29. The molecule has 0 saturated carbocycles. The normalized spacial score (nSPS) is 10.8. The molecule has 140 valence electrons. The van der Waals surface area contributed by atoms with Gasteiger partial charge in [-0.05, 0) is 35.7 Å². The molecule has 8 heteroatoms. The number of rotatable bonds is 7. The summed E-state index contributed by atoms with van der Waals surface area (Å²) in [5.74, 6) is 0.205. The topological polar surface area (TPSA) is 66.9 Å². The van der Waals surface area contributed by atoms with Crippen LogP contribution in [0.15, 0.2) is 52.9 Å². The minimum Gasteiger partial charge on any atom is -0.328 e. The molecule has 2 aromatic carbocycles. The van der Waals surface area contributed by atoms with Crippen LogP contribution in [0.5, 0.6) is 0 Å². The van der Waals surface area contributed by atoms with Crippen molar-refractivity contribution in [1.29, 1.82) is 0 Å². The molecule has 0 saturated heterocycles. The first kappa shape index (κ1) is 19.3. The van der Waals surface area contributed by atoms with E-state index in [-0.39, 0.29) is 17.5 Å². The number of carbonyl (C=O) groups excluding carboxylic acids is 1. The number of para-hydroxylation sites is 1. The first-order chi connectivity index (χ1) is 13.0. The quantitative estimate of drug-likeness (QED) is 0.527. The molecule has 1 amide bonds. The highest BCUT2D eigenvalue weighted by atomic mass is 32.2. The van der Waals surface area contributed by atoms with Crippen LogP contribution in [0.1, 0.15) is 25.3 Å². The highest BCUT2D eigenvalue weighted by molar-refractivity contribution is 8.01. The number of halogens is 1. The molecule has 0 bridgehead atoms. The Hall–Kier alpha value is -2.45. The molecule has 0 atom stereocenters. The molecule has 0 unspecified atom stereocenters. The molecular formula is C19H19FN4OS2. The second kappa shape index (κ2) is 8.96. The van der Waals surface area contributed by atoms with Crippen molar-refractivity contribution in [1.82, 2.24) is 10.2 Å². The standard InChI is InChI=1S/C19H19FN4OS2/c1-12(2)13-7-9-14(10-8-13)21-17(25)11-26-19-24-23-18(27-19)22-16-6-4-3-5-15(16)20/h3-10,12H,11H2,1-2H3,(H,21,25)(H,22,23). The fourth-order valence-electron chi connectivity index (χ4n) is 2.27. The summed E-state index contributed by atoms with van der Waals surface area (Å²) in [5.41, 5.74) is 2.34. The zero-order valence-electron chi connectivity index (χ0n) is 14.9. The van der Waals surface area contributed by atoms with Crippen molar-refractivity contribution in [2.45, 2.75) is 24.1 Å². The number of amides is 1. The van der Waals surface area contributed by atoms with Crippen molar-refractivity contribution in [3.63, 3.8) is 0 Å². The predicted molar refractivity (Wildman–Crippen MR) is 109 cm³/mol. The summed E-state index contributed by atoms with van der Waals surface area (Å²) in [7, 11) is 0. The number of aromatic nitrogens is 2. The van der Waals surface area contributed by atoms with Crippen LogP contribution >= 0.6 is 23.1 Å². The van der Waals surface area contributed by atoms with Gasteiger partial charge in [-0.3, -0.25) is 4.79 Å². The summed E-state index contributed by atoms with van der Waals surface area (Å²) in [4.78, 5) is 12.1. The van der Waals surface area contributed by atoms with Gasteiger partial charge >= 0.3 is 0 Å². The molecule has 0 fully saturated rings. The van der Waals surface area contributed by atoms with Crippen LogP contribution in [-0.4, -0.2) is 21.9 Å². The van der Waals surface area contributed by atoms with Crippen molar-refractivity contribution >= 4 is 45.5 Å². The SMILES string of the molecule is CC(C)c1ccc(NC(=O)CSc2nnc(Nc3ccccc3F)s2)cc1. The summed E-state index contributed by atoms with van der Waals surface area (Å²) in [6.45, 7) is 4.25. The summed E-state index contributed by atoms with van der Waals surface area (Å²) in [6.07, 6.45) is 0. The molecule has 3 rings (SSSR count). The summed E-state index contributed by atoms with van der Waals surface area (Å²) >= 11 is 2.56. The Morgan fingerprint density at radius 1 is 1.15 bits per heavy atom. The number of carbonyl (C=O) groups is 1. The number of hydrogen-bond donors (Lipinski definition) is 2. The van der Waals surface area contributed by atoms with Crippen molar-refractivity contribution in [3.05, 3.63) is 59.9 Å². The molecule has 1 aromatic heterocycles. The lowest BCUT2D eigenvalue weighted by Gasteiger charge is -2.08. The van der Waals surface area contributed by atoms with E-state index in [4.69, 9.17) is 0 Å². The molecule has 5 nitrogen and oxygen atoms in total. The van der Waals surface area contributed by atoms with E-state index in [1.54, 1.807) is 18.2 Å². The maximum Gasteiger partial charge on any atom is 0.234 e. The molecule has 2 N–H and O–H groups in total. The van der Waals surface area contributed by atoms with Crippen molar-refractivity contribution in [2.24, 2.45) is 0 Å². The first-order valence-corrected chi connectivity index (χ1v) is 10.2. The summed E-state index contributed by atoms with van der Waals surface area (Å²) < 4.78 is 14.3. The van der Waals surface area contributed by atoms with Gasteiger partial charge in [-0.25, -0.2) is 4.39 Å². The average Bonchev–Trinajstić information content (AvgIpc) is 3.10. The monoisotopic (exact) mass is 402 g/mol. The van der Waals surface area contributed by atoms with Crippen molar-refractivity contribution in [3.8, 4) is 0 Å². The Labute approximate surface area is 165 Å². The van der Waals surface area contributed by atoms with E-state index >= 15 is 0 Å². The minimum atomic E-state index is -0.357. The van der Waals surface area contributed by atoms with Gasteiger partial charge in [0.25, 0.3) is 0 Å².